The first-order valence-corrected chi connectivity index (χ1v) is 27.8. The predicted octanol–water partition coefficient (Wildman–Crippen LogP) is 15.3. The van der Waals surface area contributed by atoms with Crippen LogP contribution in [-0.2, 0) is 9.59 Å². The second-order valence-corrected chi connectivity index (χ2v) is 21.0. The van der Waals surface area contributed by atoms with Crippen molar-refractivity contribution in [1.82, 2.24) is 28.7 Å². The van der Waals surface area contributed by atoms with E-state index in [1.54, 1.807) is 17.5 Å². The van der Waals surface area contributed by atoms with Gasteiger partial charge in [0.1, 0.15) is 16.7 Å². The molecule has 0 bridgehead atoms. The molecule has 4 aromatic heterocycles. The lowest BCUT2D eigenvalue weighted by Gasteiger charge is -2.25. The number of aromatic nitrogens is 4. The summed E-state index contributed by atoms with van der Waals surface area (Å²) in [5, 5.41) is 8.68. The zero-order valence-corrected chi connectivity index (χ0v) is 43.3. The molecule has 72 heavy (non-hydrogen) atoms. The topological polar surface area (TPSA) is 95.4 Å². The molecule has 0 atom stereocenters. The minimum Gasteiger partial charge on any atom is -0.311 e. The van der Waals surface area contributed by atoms with Crippen LogP contribution in [0.5, 0.6) is 0 Å². The Labute approximate surface area is 434 Å². The van der Waals surface area contributed by atoms with Crippen molar-refractivity contribution in [1.29, 1.82) is 0 Å². The minimum absolute atomic E-state index is 0.0971. The van der Waals surface area contributed by atoms with Crippen LogP contribution >= 0.6 is 34.4 Å². The van der Waals surface area contributed by atoms with Crippen molar-refractivity contribution in [2.75, 3.05) is 18.0 Å². The van der Waals surface area contributed by atoms with E-state index in [4.69, 9.17) is 0 Å². The summed E-state index contributed by atoms with van der Waals surface area (Å²) in [6.07, 6.45) is 14.8. The monoisotopic (exact) mass is 1000 g/mol. The van der Waals surface area contributed by atoms with Crippen molar-refractivity contribution in [2.24, 2.45) is 0 Å². The Bertz CT molecular complexity index is 3250. The molecule has 2 aliphatic heterocycles. The minimum atomic E-state index is -0.0971. The van der Waals surface area contributed by atoms with Gasteiger partial charge in [-0.1, -0.05) is 138 Å². The first kappa shape index (κ1) is 48.6. The van der Waals surface area contributed by atoms with Gasteiger partial charge in [-0.25, -0.2) is 0 Å². The Hall–Kier alpha value is -7.04. The molecule has 12 heteroatoms. The molecule has 0 aliphatic carbocycles. The van der Waals surface area contributed by atoms with Gasteiger partial charge in [-0.05, 0) is 103 Å². The van der Waals surface area contributed by atoms with Gasteiger partial charge < -0.3 is 14.7 Å². The second kappa shape index (κ2) is 23.0. The molecule has 0 radical (unpaired) electrons. The van der Waals surface area contributed by atoms with Crippen LogP contribution in [0, 0.1) is 11.8 Å². The zero-order chi connectivity index (χ0) is 49.2. The summed E-state index contributed by atoms with van der Waals surface area (Å²) >= 11 is 4.28. The predicted molar refractivity (Wildman–Crippen MR) is 297 cm³/mol. The van der Waals surface area contributed by atoms with Gasteiger partial charge in [0.05, 0.1) is 55.1 Å². The summed E-state index contributed by atoms with van der Waals surface area (Å²) in [6, 6.07) is 45.8. The van der Waals surface area contributed by atoms with Crippen LogP contribution in [0.3, 0.4) is 0 Å². The molecule has 0 fully saturated rings. The van der Waals surface area contributed by atoms with Crippen LogP contribution in [0.4, 0.5) is 17.1 Å². The van der Waals surface area contributed by atoms with Crippen LogP contribution in [0.2, 0.25) is 0 Å². The number of fused-ring (bicyclic) bond motifs is 2. The van der Waals surface area contributed by atoms with E-state index in [0.717, 1.165) is 109 Å². The highest BCUT2D eigenvalue weighted by atomic mass is 32.1. The van der Waals surface area contributed by atoms with Crippen LogP contribution in [-0.4, -0.2) is 53.6 Å². The number of benzene rings is 4. The Balaban J connectivity index is 0.943. The van der Waals surface area contributed by atoms with Crippen molar-refractivity contribution in [3.05, 3.63) is 172 Å². The van der Waals surface area contributed by atoms with E-state index in [1.165, 1.54) is 49.9 Å². The standard InChI is InChI=1S/C60H57N7O2S3/c1-3-5-7-9-11-19-39-65-57(53-54(60(65)69)58(66(59(53)68)40-20-12-10-8-6-4-2)52-38-36-50(71-52)56-55-48(41-61-62-56)63-72-64-55)51-37-35-49(70-51)44-31-27-42(28-32-44)25-26-43-29-33-47(34-30-43)67(45-21-15-13-16-22-45)46-23-17-14-18-24-46/h13-18,21-24,27-38,41H,3-12,19-20,39-40H2,1-2H3. The van der Waals surface area contributed by atoms with Crippen molar-refractivity contribution >= 4 is 85.7 Å². The highest BCUT2D eigenvalue weighted by molar-refractivity contribution is 7.17. The Morgan fingerprint density at radius 3 is 1.53 bits per heavy atom. The second-order valence-electron chi connectivity index (χ2n) is 18.3. The number of anilines is 3. The molecule has 0 saturated heterocycles. The highest BCUT2D eigenvalue weighted by Crippen LogP contribution is 2.50. The Morgan fingerprint density at radius 1 is 0.500 bits per heavy atom. The maximum atomic E-state index is 15.1. The van der Waals surface area contributed by atoms with Gasteiger partial charge >= 0.3 is 0 Å². The van der Waals surface area contributed by atoms with E-state index in [0.29, 0.717) is 46.7 Å². The Kier molecular flexibility index (Phi) is 15.5. The van der Waals surface area contributed by atoms with E-state index in [9.17, 15) is 0 Å². The van der Waals surface area contributed by atoms with Crippen molar-refractivity contribution in [3.63, 3.8) is 0 Å². The van der Waals surface area contributed by atoms with Crippen molar-refractivity contribution in [3.8, 4) is 32.9 Å². The number of unbranched alkanes of at least 4 members (excludes halogenated alkanes) is 10. The Morgan fingerprint density at radius 2 is 0.972 bits per heavy atom. The SMILES string of the molecule is CCCCCCCCN1C(=O)C2=C(c3ccc(-c4nncc5nsnc45)s3)N(CCCCCCCC)C(=O)C2=C1c1ccc(-c2ccc(C#Cc3ccc(N(c4ccccc4)c4ccccc4)cc3)cc2)s1. The fraction of sp³-hybridized carbons (Fsp3) is 0.267. The summed E-state index contributed by atoms with van der Waals surface area (Å²) in [4.78, 5) is 40.0. The van der Waals surface area contributed by atoms with Gasteiger partial charge in [0, 0.05) is 46.2 Å². The lowest BCUT2D eigenvalue weighted by Crippen LogP contribution is -2.30. The number of nitrogens with zero attached hydrogens (tertiary/aromatic N) is 7. The fourth-order valence-corrected chi connectivity index (χ4v) is 12.3. The maximum Gasteiger partial charge on any atom is 0.261 e. The van der Waals surface area contributed by atoms with Gasteiger partial charge in [0.2, 0.25) is 0 Å². The molecule has 4 aromatic carbocycles. The number of carbonyl (C=O) groups is 2. The van der Waals surface area contributed by atoms with Gasteiger partial charge in [0.25, 0.3) is 11.8 Å². The molecule has 0 spiro atoms. The summed E-state index contributed by atoms with van der Waals surface area (Å²) in [7, 11) is 0. The first-order valence-electron chi connectivity index (χ1n) is 25.4. The largest absolute Gasteiger partial charge is 0.311 e. The molecule has 9 nitrogen and oxygen atoms in total. The molecular formula is C60H57N7O2S3. The summed E-state index contributed by atoms with van der Waals surface area (Å²) < 4.78 is 8.91. The number of hydrogen-bond acceptors (Lipinski definition) is 10. The molecule has 10 rings (SSSR count). The molecule has 0 saturated carbocycles. The fourth-order valence-electron chi connectivity index (χ4n) is 9.60. The molecule has 2 amide bonds. The smallest absolute Gasteiger partial charge is 0.261 e. The molecule has 8 aromatic rings. The van der Waals surface area contributed by atoms with Crippen molar-refractivity contribution in [2.45, 2.75) is 90.9 Å². The molecule has 6 heterocycles. The number of rotatable bonds is 21. The van der Waals surface area contributed by atoms with E-state index >= 15 is 9.59 Å². The summed E-state index contributed by atoms with van der Waals surface area (Å²) in [5.41, 5.74) is 10.7. The van der Waals surface area contributed by atoms with Gasteiger partial charge in [-0.15, -0.1) is 27.8 Å². The maximum absolute atomic E-state index is 15.1. The summed E-state index contributed by atoms with van der Waals surface area (Å²) in [6.45, 7) is 5.55. The van der Waals surface area contributed by atoms with E-state index in [1.807, 2.05) is 34.1 Å². The molecular weight excluding hydrogens is 947 g/mol. The van der Waals surface area contributed by atoms with E-state index in [2.05, 4.69) is 159 Å². The van der Waals surface area contributed by atoms with E-state index in [-0.39, 0.29) is 11.8 Å². The average molecular weight is 1000 g/mol. The highest BCUT2D eigenvalue weighted by Gasteiger charge is 2.49. The number of amides is 2. The lowest BCUT2D eigenvalue weighted by molar-refractivity contribution is -0.124. The molecule has 0 N–H and O–H groups in total. The molecule has 0 unspecified atom stereocenters. The number of carbonyl (C=O) groups excluding carboxylic acids is 2. The zero-order valence-electron chi connectivity index (χ0n) is 40.9. The van der Waals surface area contributed by atoms with E-state index < -0.39 is 0 Å². The van der Waals surface area contributed by atoms with Gasteiger partial charge in [-0.3, -0.25) is 9.59 Å². The first-order chi connectivity index (χ1) is 35.5. The lowest BCUT2D eigenvalue weighted by atomic mass is 10.1. The number of thiophene rings is 2. The van der Waals surface area contributed by atoms with Crippen LogP contribution in [0.15, 0.2) is 151 Å². The van der Waals surface area contributed by atoms with Gasteiger partial charge in [-0.2, -0.15) is 13.8 Å². The van der Waals surface area contributed by atoms with Gasteiger partial charge in [0.15, 0.2) is 0 Å². The quantitative estimate of drug-likeness (QED) is 0.0523. The average Bonchev–Trinajstić information content (AvgIpc) is 4.28. The van der Waals surface area contributed by atoms with Crippen molar-refractivity contribution < 1.29 is 9.59 Å². The van der Waals surface area contributed by atoms with Crippen LogP contribution in [0.25, 0.3) is 43.4 Å². The number of hydrogen-bond donors (Lipinski definition) is 0. The number of para-hydroxylation sites is 2. The summed E-state index contributed by atoms with van der Waals surface area (Å²) in [5.74, 6) is 6.55. The van der Waals surface area contributed by atoms with Crippen LogP contribution in [0.1, 0.15) is 112 Å². The third-order valence-corrected chi connectivity index (χ3v) is 16.1. The third-order valence-electron chi connectivity index (χ3n) is 13.3. The molecule has 2 aliphatic rings. The third kappa shape index (κ3) is 10.5. The van der Waals surface area contributed by atoms with Crippen LogP contribution < -0.4 is 4.90 Å². The normalized spacial score (nSPS) is 13.4. The molecule has 362 valence electrons.